The van der Waals surface area contributed by atoms with Gasteiger partial charge in [0.25, 0.3) is 0 Å². The molecule has 1 aromatic heterocycles. The number of anilines is 3. The van der Waals surface area contributed by atoms with E-state index in [1.54, 1.807) is 25.5 Å². The third-order valence-electron chi connectivity index (χ3n) is 2.32. The molecule has 0 radical (unpaired) electrons. The zero-order valence-corrected chi connectivity index (χ0v) is 10.7. The van der Waals surface area contributed by atoms with Gasteiger partial charge in [-0.15, -0.1) is 0 Å². The lowest BCUT2D eigenvalue weighted by Gasteiger charge is -2.10. The molecular formula is C11H18N6O. The number of rotatable bonds is 7. The molecule has 1 heterocycles. The summed E-state index contributed by atoms with van der Waals surface area (Å²) in [4.78, 5) is 14.4. The Hall–Kier alpha value is -2.15. The first-order chi connectivity index (χ1) is 8.71. The number of carbonyl (C=O) groups excluding carboxylic acids is 1. The molecule has 1 aromatic rings. The van der Waals surface area contributed by atoms with Crippen LogP contribution < -0.4 is 21.4 Å². The smallest absolute Gasteiger partial charge is 0.212 e. The first-order valence-electron chi connectivity index (χ1n) is 5.55. The third kappa shape index (κ3) is 4.02. The molecule has 0 saturated heterocycles. The van der Waals surface area contributed by atoms with Crippen molar-refractivity contribution in [3.8, 4) is 0 Å². The molecule has 1 amide bonds. The predicted molar refractivity (Wildman–Crippen MR) is 74.1 cm³/mol. The lowest BCUT2D eigenvalue weighted by atomic mass is 10.3. The van der Waals surface area contributed by atoms with E-state index in [0.717, 1.165) is 11.4 Å². The van der Waals surface area contributed by atoms with Crippen LogP contribution in [0.15, 0.2) is 17.4 Å². The van der Waals surface area contributed by atoms with E-state index >= 15 is 0 Å². The quantitative estimate of drug-likeness (QED) is 0.325. The largest absolute Gasteiger partial charge is 0.386 e. The Morgan fingerprint density at radius 1 is 1.39 bits per heavy atom. The van der Waals surface area contributed by atoms with Gasteiger partial charge in [0.1, 0.15) is 5.82 Å². The summed E-state index contributed by atoms with van der Waals surface area (Å²) in [7, 11) is 3.64. The Kier molecular flexibility index (Phi) is 5.59. The van der Waals surface area contributed by atoms with Gasteiger partial charge in [0.05, 0.1) is 17.6 Å². The summed E-state index contributed by atoms with van der Waals surface area (Å²) in [5, 5.41) is 12.6. The topological polar surface area (TPSA) is 90.4 Å². The molecule has 7 heteroatoms. The van der Waals surface area contributed by atoms with E-state index in [2.05, 4.69) is 31.5 Å². The lowest BCUT2D eigenvalue weighted by molar-refractivity contribution is -0.105. The summed E-state index contributed by atoms with van der Waals surface area (Å²) in [5.74, 6) is 0.479. The Labute approximate surface area is 106 Å². The second-order valence-electron chi connectivity index (χ2n) is 3.59. The van der Waals surface area contributed by atoms with Crippen LogP contribution in [0.4, 0.5) is 17.2 Å². The maximum atomic E-state index is 10.3. The molecule has 0 aliphatic rings. The van der Waals surface area contributed by atoms with Crippen molar-refractivity contribution in [3.63, 3.8) is 0 Å². The molecule has 18 heavy (non-hydrogen) atoms. The maximum absolute atomic E-state index is 10.3. The molecule has 0 aliphatic heterocycles. The second-order valence-corrected chi connectivity index (χ2v) is 3.59. The van der Waals surface area contributed by atoms with Crippen molar-refractivity contribution >= 4 is 29.8 Å². The normalized spacial score (nSPS) is 12.2. The van der Waals surface area contributed by atoms with Crippen molar-refractivity contribution in [1.29, 1.82) is 0 Å². The van der Waals surface area contributed by atoms with Crippen LogP contribution in [0.2, 0.25) is 0 Å². The zero-order valence-electron chi connectivity index (χ0n) is 10.7. The number of aromatic nitrogens is 1. The number of hydrazone groups is 1. The molecule has 1 unspecified atom stereocenters. The van der Waals surface area contributed by atoms with Gasteiger partial charge in [0.2, 0.25) is 6.41 Å². The lowest BCUT2D eigenvalue weighted by Crippen LogP contribution is -2.22. The molecule has 0 spiro atoms. The van der Waals surface area contributed by atoms with E-state index in [-0.39, 0.29) is 6.04 Å². The van der Waals surface area contributed by atoms with Crippen LogP contribution in [0.3, 0.4) is 0 Å². The Morgan fingerprint density at radius 2 is 2.17 bits per heavy atom. The van der Waals surface area contributed by atoms with Gasteiger partial charge >= 0.3 is 0 Å². The Balaban J connectivity index is 2.76. The molecule has 0 aliphatic carbocycles. The van der Waals surface area contributed by atoms with Crippen LogP contribution >= 0.6 is 0 Å². The Morgan fingerprint density at radius 3 is 2.78 bits per heavy atom. The number of nitrogens with one attached hydrogen (secondary N) is 4. The molecular weight excluding hydrogens is 232 g/mol. The van der Waals surface area contributed by atoms with Crippen LogP contribution in [0.1, 0.15) is 6.92 Å². The SMILES string of the molecule is CNc1cc(NC=O)ncc1N/N=C\C(C)NC. The van der Waals surface area contributed by atoms with Crippen LogP contribution in [0.25, 0.3) is 0 Å². The maximum Gasteiger partial charge on any atom is 0.212 e. The van der Waals surface area contributed by atoms with Crippen LogP contribution in [0.5, 0.6) is 0 Å². The molecule has 1 atom stereocenters. The number of amides is 1. The summed E-state index contributed by atoms with van der Waals surface area (Å²) in [6, 6.07) is 1.90. The summed E-state index contributed by atoms with van der Waals surface area (Å²) < 4.78 is 0. The number of hydrogen-bond acceptors (Lipinski definition) is 6. The molecule has 0 aromatic carbocycles. The van der Waals surface area contributed by atoms with Gasteiger partial charge in [0, 0.05) is 25.4 Å². The van der Waals surface area contributed by atoms with Crippen LogP contribution in [-0.2, 0) is 4.79 Å². The fourth-order valence-electron chi connectivity index (χ4n) is 1.18. The van der Waals surface area contributed by atoms with E-state index in [0.29, 0.717) is 12.2 Å². The molecule has 0 saturated carbocycles. The van der Waals surface area contributed by atoms with Crippen LogP contribution in [-0.4, -0.2) is 37.7 Å². The first kappa shape index (κ1) is 13.9. The van der Waals surface area contributed by atoms with E-state index in [1.807, 2.05) is 14.0 Å². The third-order valence-corrected chi connectivity index (χ3v) is 2.32. The van der Waals surface area contributed by atoms with E-state index in [9.17, 15) is 4.79 Å². The molecule has 98 valence electrons. The van der Waals surface area contributed by atoms with E-state index < -0.39 is 0 Å². The molecule has 0 fully saturated rings. The van der Waals surface area contributed by atoms with E-state index in [1.165, 1.54) is 0 Å². The molecule has 4 N–H and O–H groups in total. The minimum atomic E-state index is 0.180. The van der Waals surface area contributed by atoms with Gasteiger partial charge in [-0.25, -0.2) is 4.98 Å². The van der Waals surface area contributed by atoms with Gasteiger partial charge in [-0.2, -0.15) is 5.10 Å². The monoisotopic (exact) mass is 250 g/mol. The minimum absolute atomic E-state index is 0.180. The number of carbonyl (C=O) groups is 1. The van der Waals surface area contributed by atoms with Gasteiger partial charge in [-0.1, -0.05) is 0 Å². The summed E-state index contributed by atoms with van der Waals surface area (Å²) in [6.07, 6.45) is 3.93. The predicted octanol–water partition coefficient (Wildman–Crippen LogP) is 0.697. The fourth-order valence-corrected chi connectivity index (χ4v) is 1.18. The van der Waals surface area contributed by atoms with Crippen molar-refractivity contribution in [2.24, 2.45) is 5.10 Å². The molecule has 7 nitrogen and oxygen atoms in total. The second kappa shape index (κ2) is 7.23. The number of hydrogen-bond donors (Lipinski definition) is 4. The highest BCUT2D eigenvalue weighted by molar-refractivity contribution is 5.76. The van der Waals surface area contributed by atoms with Crippen LogP contribution in [0, 0.1) is 0 Å². The van der Waals surface area contributed by atoms with Gasteiger partial charge < -0.3 is 16.0 Å². The highest BCUT2D eigenvalue weighted by Crippen LogP contribution is 2.22. The highest BCUT2D eigenvalue weighted by Gasteiger charge is 2.02. The summed E-state index contributed by atoms with van der Waals surface area (Å²) in [5.41, 5.74) is 4.41. The van der Waals surface area contributed by atoms with Crippen molar-refractivity contribution in [2.75, 3.05) is 30.2 Å². The Bertz CT molecular complexity index is 420. The fraction of sp³-hybridized carbons (Fsp3) is 0.364. The molecule has 0 bridgehead atoms. The van der Waals surface area contributed by atoms with E-state index in [4.69, 9.17) is 0 Å². The highest BCUT2D eigenvalue weighted by atomic mass is 16.1. The van der Waals surface area contributed by atoms with Gasteiger partial charge in [-0.05, 0) is 14.0 Å². The average molecular weight is 250 g/mol. The summed E-state index contributed by atoms with van der Waals surface area (Å²) >= 11 is 0. The standard InChI is InChI=1S/C11H18N6O/c1-8(12-2)5-16-17-10-6-14-11(15-7-18)4-9(10)13-3/h4-8,12,17H,1-3H3,(H2,13,14,15,18)/b16-5-. The van der Waals surface area contributed by atoms with Crippen molar-refractivity contribution in [3.05, 3.63) is 12.3 Å². The van der Waals surface area contributed by atoms with Crippen molar-refractivity contribution < 1.29 is 4.79 Å². The average Bonchev–Trinajstić information content (AvgIpc) is 2.40. The first-order valence-corrected chi connectivity index (χ1v) is 5.55. The number of pyridine rings is 1. The van der Waals surface area contributed by atoms with Crippen molar-refractivity contribution in [2.45, 2.75) is 13.0 Å². The van der Waals surface area contributed by atoms with Crippen molar-refractivity contribution in [1.82, 2.24) is 10.3 Å². The summed E-state index contributed by atoms with van der Waals surface area (Å²) in [6.45, 7) is 1.99. The number of nitrogens with zero attached hydrogens (tertiary/aromatic N) is 2. The van der Waals surface area contributed by atoms with Gasteiger partial charge in [0.15, 0.2) is 0 Å². The zero-order chi connectivity index (χ0) is 13.4. The molecule has 1 rings (SSSR count). The minimum Gasteiger partial charge on any atom is -0.386 e. The van der Waals surface area contributed by atoms with Gasteiger partial charge in [-0.3, -0.25) is 10.2 Å².